The van der Waals surface area contributed by atoms with Gasteiger partial charge in [-0.3, -0.25) is 0 Å². The molecule has 5 heteroatoms. The predicted molar refractivity (Wildman–Crippen MR) is 145 cm³/mol. The van der Waals surface area contributed by atoms with Crippen LogP contribution in [0.15, 0.2) is 140 Å². The van der Waals surface area contributed by atoms with Crippen molar-refractivity contribution in [2.24, 2.45) is 0 Å². The van der Waals surface area contributed by atoms with Crippen LogP contribution in [0.1, 0.15) is 0 Å². The van der Waals surface area contributed by atoms with Crippen LogP contribution in [-0.4, -0.2) is 14.8 Å². The first-order chi connectivity index (χ1) is 18.3. The van der Waals surface area contributed by atoms with E-state index >= 15 is 0 Å². The molecule has 0 saturated heterocycles. The first-order valence-electron chi connectivity index (χ1n) is 12.0. The zero-order chi connectivity index (χ0) is 24.9. The van der Waals surface area contributed by atoms with Gasteiger partial charge >= 0.3 is 0 Å². The number of rotatable bonds is 7. The van der Waals surface area contributed by atoms with Crippen LogP contribution in [-0.2, 0) is 0 Å². The van der Waals surface area contributed by atoms with Gasteiger partial charge in [-0.15, -0.1) is 0 Å². The number of para-hydroxylation sites is 2. The first-order valence-corrected chi connectivity index (χ1v) is 12.0. The van der Waals surface area contributed by atoms with E-state index in [9.17, 15) is 0 Å². The highest BCUT2D eigenvalue weighted by atomic mass is 16.5. The molecule has 0 spiro atoms. The lowest BCUT2D eigenvalue weighted by molar-refractivity contribution is 0.482. The Morgan fingerprint density at radius 2 is 1.00 bits per heavy atom. The van der Waals surface area contributed by atoms with E-state index in [-0.39, 0.29) is 0 Å². The Morgan fingerprint density at radius 3 is 1.54 bits per heavy atom. The monoisotopic (exact) mass is 481 g/mol. The van der Waals surface area contributed by atoms with E-state index in [1.165, 1.54) is 0 Å². The second kappa shape index (κ2) is 10.2. The molecule has 0 radical (unpaired) electrons. The van der Waals surface area contributed by atoms with Crippen LogP contribution in [0.25, 0.3) is 28.3 Å². The van der Waals surface area contributed by atoms with Gasteiger partial charge < -0.3 is 9.47 Å². The van der Waals surface area contributed by atoms with Gasteiger partial charge in [0.1, 0.15) is 23.0 Å². The molecule has 0 fully saturated rings. The third kappa shape index (κ3) is 5.11. The number of benzene rings is 4. The standard InChI is InChI=1S/C32H23N3O2/c1-3-9-26(10-4-1)36-28-18-14-24(15-19-28)30-23-31(35(34-30)32-13-7-8-22-33-32)25-16-20-29(21-17-25)37-27-11-5-2-6-12-27/h1-23H. The third-order valence-corrected chi connectivity index (χ3v) is 5.83. The van der Waals surface area contributed by atoms with Crippen LogP contribution in [0.2, 0.25) is 0 Å². The minimum atomic E-state index is 0.748. The van der Waals surface area contributed by atoms with Crippen molar-refractivity contribution in [3.05, 3.63) is 140 Å². The van der Waals surface area contributed by atoms with E-state index in [1.54, 1.807) is 6.20 Å². The van der Waals surface area contributed by atoms with E-state index in [0.717, 1.165) is 51.3 Å². The van der Waals surface area contributed by atoms with Crippen molar-refractivity contribution in [2.75, 3.05) is 0 Å². The predicted octanol–water partition coefficient (Wildman–Crippen LogP) is 8.19. The number of aromatic nitrogens is 3. The fourth-order valence-corrected chi connectivity index (χ4v) is 4.02. The van der Waals surface area contributed by atoms with Crippen molar-refractivity contribution in [1.82, 2.24) is 14.8 Å². The van der Waals surface area contributed by atoms with Crippen molar-refractivity contribution in [3.8, 4) is 51.3 Å². The summed E-state index contributed by atoms with van der Waals surface area (Å²) < 4.78 is 13.8. The molecule has 0 aliphatic carbocycles. The molecule has 0 aliphatic heterocycles. The van der Waals surface area contributed by atoms with Crippen molar-refractivity contribution >= 4 is 0 Å². The summed E-state index contributed by atoms with van der Waals surface area (Å²) in [4.78, 5) is 4.53. The molecule has 0 atom stereocenters. The maximum absolute atomic E-state index is 5.97. The minimum Gasteiger partial charge on any atom is -0.457 e. The highest BCUT2D eigenvalue weighted by Gasteiger charge is 2.14. The van der Waals surface area contributed by atoms with Gasteiger partial charge in [0.25, 0.3) is 0 Å². The Morgan fingerprint density at radius 1 is 0.486 bits per heavy atom. The van der Waals surface area contributed by atoms with E-state index in [2.05, 4.69) is 11.1 Å². The Bertz CT molecular complexity index is 1580. The van der Waals surface area contributed by atoms with Gasteiger partial charge in [-0.1, -0.05) is 42.5 Å². The highest BCUT2D eigenvalue weighted by Crippen LogP contribution is 2.32. The molecule has 0 bridgehead atoms. The highest BCUT2D eigenvalue weighted by molar-refractivity contribution is 5.71. The summed E-state index contributed by atoms with van der Waals surface area (Å²) in [5, 5.41) is 4.91. The normalized spacial score (nSPS) is 10.7. The van der Waals surface area contributed by atoms with Gasteiger partial charge in [-0.05, 0) is 91.0 Å². The number of hydrogen-bond acceptors (Lipinski definition) is 4. The average molecular weight is 482 g/mol. The Hall–Kier alpha value is -5.16. The minimum absolute atomic E-state index is 0.748. The van der Waals surface area contributed by atoms with Gasteiger partial charge in [0.15, 0.2) is 5.82 Å². The molecular weight excluding hydrogens is 458 g/mol. The zero-order valence-corrected chi connectivity index (χ0v) is 19.9. The number of ether oxygens (including phenoxy) is 2. The lowest BCUT2D eigenvalue weighted by atomic mass is 10.1. The summed E-state index contributed by atoms with van der Waals surface area (Å²) in [5.74, 6) is 3.89. The van der Waals surface area contributed by atoms with E-state index in [4.69, 9.17) is 14.6 Å². The molecular formula is C32H23N3O2. The third-order valence-electron chi connectivity index (χ3n) is 5.83. The molecule has 0 N–H and O–H groups in total. The number of nitrogens with zero attached hydrogens (tertiary/aromatic N) is 3. The van der Waals surface area contributed by atoms with E-state index in [1.807, 2.05) is 132 Å². The molecule has 6 aromatic rings. The van der Waals surface area contributed by atoms with Gasteiger partial charge in [0, 0.05) is 17.3 Å². The fourth-order valence-electron chi connectivity index (χ4n) is 4.02. The van der Waals surface area contributed by atoms with Crippen molar-refractivity contribution in [1.29, 1.82) is 0 Å². The van der Waals surface area contributed by atoms with Crippen LogP contribution in [0.3, 0.4) is 0 Å². The SMILES string of the molecule is c1ccc(Oc2ccc(-c3cc(-c4ccc(Oc5ccccc5)cc4)n(-c4ccccn4)n3)cc2)cc1. The summed E-state index contributed by atoms with van der Waals surface area (Å²) in [6.45, 7) is 0. The Kier molecular flexibility index (Phi) is 6.16. The van der Waals surface area contributed by atoms with Gasteiger partial charge in [-0.25, -0.2) is 9.67 Å². The van der Waals surface area contributed by atoms with E-state index < -0.39 is 0 Å². The average Bonchev–Trinajstić information content (AvgIpc) is 3.41. The molecule has 4 aromatic carbocycles. The first kappa shape index (κ1) is 22.3. The summed E-state index contributed by atoms with van der Waals surface area (Å²) in [7, 11) is 0. The van der Waals surface area contributed by atoms with Crippen molar-refractivity contribution in [2.45, 2.75) is 0 Å². The quantitative estimate of drug-likeness (QED) is 0.231. The molecule has 2 heterocycles. The van der Waals surface area contributed by atoms with Gasteiger partial charge in [0.2, 0.25) is 0 Å². The van der Waals surface area contributed by atoms with Crippen LogP contribution < -0.4 is 9.47 Å². The molecule has 5 nitrogen and oxygen atoms in total. The summed E-state index contributed by atoms with van der Waals surface area (Å²) in [6, 6.07) is 43.3. The molecule has 0 unspecified atom stereocenters. The van der Waals surface area contributed by atoms with Crippen molar-refractivity contribution in [3.63, 3.8) is 0 Å². The number of pyridine rings is 1. The maximum atomic E-state index is 5.97. The smallest absolute Gasteiger partial charge is 0.153 e. The molecule has 37 heavy (non-hydrogen) atoms. The largest absolute Gasteiger partial charge is 0.457 e. The lowest BCUT2D eigenvalue weighted by Gasteiger charge is -2.08. The van der Waals surface area contributed by atoms with Crippen molar-refractivity contribution < 1.29 is 9.47 Å². The zero-order valence-electron chi connectivity index (χ0n) is 19.9. The summed E-state index contributed by atoms with van der Waals surface area (Å²) >= 11 is 0. The molecule has 6 rings (SSSR count). The molecule has 0 saturated carbocycles. The molecule has 2 aromatic heterocycles. The van der Waals surface area contributed by atoms with E-state index in [0.29, 0.717) is 0 Å². The molecule has 0 amide bonds. The molecule has 0 aliphatic rings. The second-order valence-electron chi connectivity index (χ2n) is 8.39. The maximum Gasteiger partial charge on any atom is 0.153 e. The summed E-state index contributed by atoms with van der Waals surface area (Å²) in [6.07, 6.45) is 1.77. The van der Waals surface area contributed by atoms with Crippen LogP contribution >= 0.6 is 0 Å². The second-order valence-corrected chi connectivity index (χ2v) is 8.39. The van der Waals surface area contributed by atoms with Crippen LogP contribution in [0.5, 0.6) is 23.0 Å². The number of hydrogen-bond donors (Lipinski definition) is 0. The topological polar surface area (TPSA) is 49.2 Å². The molecule has 178 valence electrons. The van der Waals surface area contributed by atoms with Gasteiger partial charge in [-0.2, -0.15) is 5.10 Å². The fraction of sp³-hybridized carbons (Fsp3) is 0. The van der Waals surface area contributed by atoms with Crippen LogP contribution in [0.4, 0.5) is 0 Å². The Labute approximate surface area is 215 Å². The van der Waals surface area contributed by atoms with Gasteiger partial charge in [0.05, 0.1) is 11.4 Å². The lowest BCUT2D eigenvalue weighted by Crippen LogP contribution is -2.01. The Balaban J connectivity index is 1.31. The summed E-state index contributed by atoms with van der Waals surface area (Å²) in [5.41, 5.74) is 3.77. The van der Waals surface area contributed by atoms with Crippen LogP contribution in [0, 0.1) is 0 Å².